The van der Waals surface area contributed by atoms with E-state index in [2.05, 4.69) is 17.0 Å². The Kier molecular flexibility index (Phi) is 4.20. The molecule has 1 aromatic rings. The first-order chi connectivity index (χ1) is 11.1. The highest BCUT2D eigenvalue weighted by Crippen LogP contribution is 2.37. The molecule has 126 valence electrons. The van der Waals surface area contributed by atoms with Crippen molar-refractivity contribution >= 4 is 9.84 Å². The van der Waals surface area contributed by atoms with Crippen molar-refractivity contribution < 1.29 is 13.2 Å². The second kappa shape index (κ2) is 6.19. The van der Waals surface area contributed by atoms with E-state index in [9.17, 15) is 8.42 Å². The van der Waals surface area contributed by atoms with E-state index in [1.807, 2.05) is 18.2 Å². The Morgan fingerprint density at radius 2 is 1.87 bits per heavy atom. The molecule has 0 unspecified atom stereocenters. The Morgan fingerprint density at radius 3 is 2.61 bits per heavy atom. The van der Waals surface area contributed by atoms with E-state index in [-0.39, 0.29) is 23.0 Å². The normalized spacial score (nSPS) is 33.5. The van der Waals surface area contributed by atoms with Gasteiger partial charge in [0, 0.05) is 25.6 Å². The maximum absolute atomic E-state index is 12.4. The molecule has 3 fully saturated rings. The summed E-state index contributed by atoms with van der Waals surface area (Å²) < 4.78 is 31.0. The van der Waals surface area contributed by atoms with Crippen molar-refractivity contribution in [1.29, 1.82) is 0 Å². The average Bonchev–Trinajstić information content (AvgIpc) is 3.24. The predicted molar refractivity (Wildman–Crippen MR) is 89.9 cm³/mol. The number of benzene rings is 1. The zero-order chi connectivity index (χ0) is 15.9. The largest absolute Gasteiger partial charge is 0.373 e. The van der Waals surface area contributed by atoms with Gasteiger partial charge in [-0.1, -0.05) is 30.3 Å². The molecule has 0 bridgehead atoms. The Morgan fingerprint density at radius 1 is 1.09 bits per heavy atom. The molecule has 0 amide bonds. The number of sulfone groups is 1. The van der Waals surface area contributed by atoms with Crippen LogP contribution in [0.1, 0.15) is 24.8 Å². The molecule has 5 heteroatoms. The van der Waals surface area contributed by atoms with Crippen molar-refractivity contribution in [2.45, 2.75) is 37.2 Å². The first-order valence-electron chi connectivity index (χ1n) is 8.71. The van der Waals surface area contributed by atoms with E-state index in [1.54, 1.807) is 0 Å². The van der Waals surface area contributed by atoms with E-state index in [0.717, 1.165) is 24.6 Å². The number of hydrogen-bond donors (Lipinski definition) is 0. The van der Waals surface area contributed by atoms with Gasteiger partial charge in [0.2, 0.25) is 0 Å². The van der Waals surface area contributed by atoms with E-state index in [4.69, 9.17) is 4.74 Å². The van der Waals surface area contributed by atoms with Crippen LogP contribution in [0.25, 0.3) is 0 Å². The summed E-state index contributed by atoms with van der Waals surface area (Å²) in [6, 6.07) is 10.1. The Hall–Kier alpha value is -0.910. The second-order valence-corrected chi connectivity index (χ2v) is 9.69. The molecule has 4 nitrogen and oxygen atoms in total. The molecule has 0 N–H and O–H groups in total. The zero-order valence-corrected chi connectivity index (χ0v) is 14.2. The van der Waals surface area contributed by atoms with Crippen molar-refractivity contribution in [3.63, 3.8) is 0 Å². The third-order valence-electron chi connectivity index (χ3n) is 5.53. The lowest BCUT2D eigenvalue weighted by Crippen LogP contribution is -2.44. The number of likely N-dealkylation sites (tertiary alicyclic amines) is 1. The fraction of sp³-hybridized carbons (Fsp3) is 0.667. The number of ether oxygens (including phenoxy) is 1. The van der Waals surface area contributed by atoms with E-state index < -0.39 is 9.84 Å². The summed E-state index contributed by atoms with van der Waals surface area (Å²) in [7, 11) is -2.95. The number of fused-ring (bicyclic) bond motifs is 1. The van der Waals surface area contributed by atoms with E-state index >= 15 is 0 Å². The molecule has 4 rings (SSSR count). The first-order valence-corrected chi connectivity index (χ1v) is 10.4. The molecule has 0 aromatic heterocycles. The molecule has 1 saturated carbocycles. The van der Waals surface area contributed by atoms with E-state index in [1.165, 1.54) is 12.8 Å². The van der Waals surface area contributed by atoms with Gasteiger partial charge in [-0.3, -0.25) is 0 Å². The smallest absolute Gasteiger partial charge is 0.154 e. The van der Waals surface area contributed by atoms with Gasteiger partial charge in [0.1, 0.15) is 0 Å². The van der Waals surface area contributed by atoms with Crippen LogP contribution in [0.2, 0.25) is 0 Å². The van der Waals surface area contributed by atoms with Crippen molar-refractivity contribution in [3.05, 3.63) is 35.9 Å². The van der Waals surface area contributed by atoms with Crippen molar-refractivity contribution in [3.8, 4) is 0 Å². The summed E-state index contributed by atoms with van der Waals surface area (Å²) in [5.74, 6) is 1.24. The molecule has 2 aliphatic heterocycles. The Bertz CT molecular complexity index is 641. The van der Waals surface area contributed by atoms with Gasteiger partial charge in [0.25, 0.3) is 0 Å². The van der Waals surface area contributed by atoms with Crippen LogP contribution in [-0.4, -0.2) is 50.1 Å². The van der Waals surface area contributed by atoms with Gasteiger partial charge < -0.3 is 9.64 Å². The minimum Gasteiger partial charge on any atom is -0.373 e. The molecular weight excluding hydrogens is 310 g/mol. The van der Waals surface area contributed by atoms with Crippen LogP contribution >= 0.6 is 0 Å². The fourth-order valence-electron chi connectivity index (χ4n) is 4.06. The Balaban J connectivity index is 1.43. The molecule has 0 radical (unpaired) electrons. The molecule has 3 atom stereocenters. The van der Waals surface area contributed by atoms with Gasteiger partial charge in [0.15, 0.2) is 9.84 Å². The van der Waals surface area contributed by atoms with Crippen LogP contribution in [-0.2, 0) is 21.2 Å². The topological polar surface area (TPSA) is 46.6 Å². The number of nitrogens with zero attached hydrogens (tertiary/aromatic N) is 1. The molecule has 0 spiro atoms. The van der Waals surface area contributed by atoms with Crippen molar-refractivity contribution in [1.82, 2.24) is 4.90 Å². The standard InChI is InChI=1S/C18H25NO3S/c20-23(21)9-8-17(22-13-15-4-2-1-3-5-15)16-11-19(12-18(16)23)10-14-6-7-14/h1-5,14,16-18H,6-13H2/t16-,17+,18+/m1/s1. The number of rotatable bonds is 5. The summed E-state index contributed by atoms with van der Waals surface area (Å²) in [5, 5.41) is -0.212. The summed E-state index contributed by atoms with van der Waals surface area (Å²) in [5.41, 5.74) is 1.16. The molecule has 1 aromatic carbocycles. The van der Waals surface area contributed by atoms with Gasteiger partial charge >= 0.3 is 0 Å². The first kappa shape index (κ1) is 15.6. The van der Waals surface area contributed by atoms with Crippen molar-refractivity contribution in [2.75, 3.05) is 25.4 Å². The highest BCUT2D eigenvalue weighted by molar-refractivity contribution is 7.92. The van der Waals surface area contributed by atoms with Gasteiger partial charge in [-0.2, -0.15) is 0 Å². The minimum atomic E-state index is -2.95. The summed E-state index contributed by atoms with van der Waals surface area (Å²) in [6.45, 7) is 3.26. The lowest BCUT2D eigenvalue weighted by atomic mass is 9.98. The predicted octanol–water partition coefficient (Wildman–Crippen LogP) is 2.10. The quantitative estimate of drug-likeness (QED) is 0.827. The number of hydrogen-bond acceptors (Lipinski definition) is 4. The maximum atomic E-state index is 12.4. The van der Waals surface area contributed by atoms with Gasteiger partial charge in [-0.25, -0.2) is 8.42 Å². The lowest BCUT2D eigenvalue weighted by molar-refractivity contribution is -0.000869. The molecule has 2 heterocycles. The molecule has 1 aliphatic carbocycles. The van der Waals surface area contributed by atoms with Crippen molar-refractivity contribution in [2.24, 2.45) is 11.8 Å². The highest BCUT2D eigenvalue weighted by Gasteiger charge is 2.49. The van der Waals surface area contributed by atoms with Gasteiger partial charge in [-0.15, -0.1) is 0 Å². The molecular formula is C18H25NO3S. The van der Waals surface area contributed by atoms with Crippen LogP contribution in [0.5, 0.6) is 0 Å². The zero-order valence-electron chi connectivity index (χ0n) is 13.4. The molecule has 2 saturated heterocycles. The SMILES string of the molecule is O=S1(=O)CC[C@H](OCc2ccccc2)[C@H]2CN(CC3CC3)C[C@@H]21. The van der Waals surface area contributed by atoms with Crippen LogP contribution in [0.3, 0.4) is 0 Å². The minimum absolute atomic E-state index is 0.0768. The van der Waals surface area contributed by atoms with Crippen LogP contribution in [0.15, 0.2) is 30.3 Å². The maximum Gasteiger partial charge on any atom is 0.154 e. The molecule has 23 heavy (non-hydrogen) atoms. The monoisotopic (exact) mass is 335 g/mol. The Labute approximate surface area is 138 Å². The van der Waals surface area contributed by atoms with Gasteiger partial charge in [-0.05, 0) is 30.7 Å². The van der Waals surface area contributed by atoms with Gasteiger partial charge in [0.05, 0.1) is 23.7 Å². The fourth-order valence-corrected chi connectivity index (χ4v) is 6.16. The van der Waals surface area contributed by atoms with Crippen LogP contribution in [0, 0.1) is 11.8 Å². The molecule has 3 aliphatic rings. The lowest BCUT2D eigenvalue weighted by Gasteiger charge is -2.32. The highest BCUT2D eigenvalue weighted by atomic mass is 32.2. The van der Waals surface area contributed by atoms with Crippen LogP contribution in [0.4, 0.5) is 0 Å². The summed E-state index contributed by atoms with van der Waals surface area (Å²) in [4.78, 5) is 2.37. The summed E-state index contributed by atoms with van der Waals surface area (Å²) >= 11 is 0. The summed E-state index contributed by atoms with van der Waals surface area (Å²) in [6.07, 6.45) is 3.35. The third kappa shape index (κ3) is 3.47. The average molecular weight is 335 g/mol. The second-order valence-electron chi connectivity index (χ2n) is 7.35. The van der Waals surface area contributed by atoms with Crippen LogP contribution < -0.4 is 0 Å². The third-order valence-corrected chi connectivity index (χ3v) is 7.76. The van der Waals surface area contributed by atoms with E-state index in [0.29, 0.717) is 19.6 Å².